The van der Waals surface area contributed by atoms with E-state index in [1.807, 2.05) is 0 Å². The molecule has 1 aromatic carbocycles. The molecule has 22 heavy (non-hydrogen) atoms. The van der Waals surface area contributed by atoms with Gasteiger partial charge in [0.1, 0.15) is 5.75 Å². The van der Waals surface area contributed by atoms with Crippen molar-refractivity contribution < 1.29 is 23.0 Å². The number of rotatable bonds is 4. The summed E-state index contributed by atoms with van der Waals surface area (Å²) in [5.74, 6) is -0.356. The molecular formula is C15H19ClF3NO2. The van der Waals surface area contributed by atoms with E-state index in [9.17, 15) is 18.3 Å². The van der Waals surface area contributed by atoms with Gasteiger partial charge >= 0.3 is 6.36 Å². The average Bonchev–Trinajstić information content (AvgIpc) is 2.47. The lowest BCUT2D eigenvalue weighted by molar-refractivity contribution is -0.274. The van der Waals surface area contributed by atoms with Crippen molar-refractivity contribution in [3.05, 3.63) is 28.8 Å². The van der Waals surface area contributed by atoms with Crippen LogP contribution in [0.3, 0.4) is 0 Å². The van der Waals surface area contributed by atoms with E-state index in [2.05, 4.69) is 4.74 Å². The molecule has 1 aliphatic rings. The van der Waals surface area contributed by atoms with Gasteiger partial charge in [-0.1, -0.05) is 36.9 Å². The smallest absolute Gasteiger partial charge is 0.404 e. The van der Waals surface area contributed by atoms with Gasteiger partial charge in [0.2, 0.25) is 0 Å². The normalized spacial score (nSPS) is 19.7. The molecule has 0 aromatic heterocycles. The summed E-state index contributed by atoms with van der Waals surface area (Å²) in [5.41, 5.74) is 6.54. The summed E-state index contributed by atoms with van der Waals surface area (Å²) in [6.07, 6.45) is -0.412. The molecule has 7 heteroatoms. The second-order valence-electron chi connectivity index (χ2n) is 5.65. The Bertz CT molecular complexity index is 504. The minimum Gasteiger partial charge on any atom is -0.404 e. The highest BCUT2D eigenvalue weighted by Crippen LogP contribution is 2.35. The van der Waals surface area contributed by atoms with Gasteiger partial charge in [0, 0.05) is 0 Å². The van der Waals surface area contributed by atoms with Gasteiger partial charge in [-0.3, -0.25) is 0 Å². The number of halogens is 4. The van der Waals surface area contributed by atoms with Crippen molar-refractivity contribution in [2.45, 2.75) is 50.6 Å². The molecule has 0 unspecified atom stereocenters. The number of aliphatic hydroxyl groups excluding tert-OH is 1. The summed E-state index contributed by atoms with van der Waals surface area (Å²) in [4.78, 5) is 0. The van der Waals surface area contributed by atoms with Gasteiger partial charge in [-0.05, 0) is 36.5 Å². The van der Waals surface area contributed by atoms with Crippen molar-refractivity contribution in [1.82, 2.24) is 0 Å². The van der Waals surface area contributed by atoms with E-state index in [-0.39, 0.29) is 10.9 Å². The Morgan fingerprint density at radius 2 is 1.86 bits per heavy atom. The van der Waals surface area contributed by atoms with E-state index in [1.54, 1.807) is 0 Å². The standard InChI is InChI=1S/C15H19ClF3NO2/c16-11-8-10(6-7-12(11)22-15(17,18)19)13(20)14(21)9-4-2-1-3-5-9/h6-9,13-14,21H,1-5,20H2/t13-,14+/m0/s1. The van der Waals surface area contributed by atoms with E-state index < -0.39 is 24.3 Å². The maximum Gasteiger partial charge on any atom is 0.573 e. The van der Waals surface area contributed by atoms with Crippen molar-refractivity contribution in [1.29, 1.82) is 0 Å². The van der Waals surface area contributed by atoms with Gasteiger partial charge in [0.15, 0.2) is 0 Å². The molecule has 0 radical (unpaired) electrons. The van der Waals surface area contributed by atoms with Crippen LogP contribution < -0.4 is 10.5 Å². The first-order chi connectivity index (χ1) is 10.3. The van der Waals surface area contributed by atoms with E-state index in [4.69, 9.17) is 17.3 Å². The molecule has 1 fully saturated rings. The van der Waals surface area contributed by atoms with Crippen LogP contribution in [0.15, 0.2) is 18.2 Å². The van der Waals surface area contributed by atoms with Crippen molar-refractivity contribution in [3.8, 4) is 5.75 Å². The third-order valence-corrected chi connectivity index (χ3v) is 4.36. The Morgan fingerprint density at radius 1 is 1.23 bits per heavy atom. The van der Waals surface area contributed by atoms with Gasteiger partial charge in [0.25, 0.3) is 0 Å². The van der Waals surface area contributed by atoms with Crippen LogP contribution in [-0.2, 0) is 0 Å². The maximum absolute atomic E-state index is 12.2. The van der Waals surface area contributed by atoms with Crippen LogP contribution >= 0.6 is 11.6 Å². The first kappa shape index (κ1) is 17.4. The Labute approximate surface area is 132 Å². The number of nitrogens with two attached hydrogens (primary N) is 1. The third-order valence-electron chi connectivity index (χ3n) is 4.07. The fourth-order valence-corrected chi connectivity index (χ4v) is 3.13. The molecule has 1 saturated carbocycles. The van der Waals surface area contributed by atoms with Gasteiger partial charge < -0.3 is 15.6 Å². The van der Waals surface area contributed by atoms with Gasteiger partial charge in [-0.2, -0.15) is 0 Å². The molecule has 2 atom stereocenters. The van der Waals surface area contributed by atoms with E-state index in [0.717, 1.165) is 38.2 Å². The van der Waals surface area contributed by atoms with Crippen LogP contribution in [-0.4, -0.2) is 17.6 Å². The molecule has 0 spiro atoms. The first-order valence-electron chi connectivity index (χ1n) is 7.27. The lowest BCUT2D eigenvalue weighted by Gasteiger charge is -2.30. The van der Waals surface area contributed by atoms with Crippen LogP contribution in [0.25, 0.3) is 0 Å². The summed E-state index contributed by atoms with van der Waals surface area (Å²) >= 11 is 5.81. The van der Waals surface area contributed by atoms with Crippen molar-refractivity contribution in [2.75, 3.05) is 0 Å². The summed E-state index contributed by atoms with van der Waals surface area (Å²) in [5, 5.41) is 10.2. The summed E-state index contributed by atoms with van der Waals surface area (Å²) in [6.45, 7) is 0. The Balaban J connectivity index is 2.09. The fourth-order valence-electron chi connectivity index (χ4n) is 2.90. The second kappa shape index (κ2) is 7.06. The van der Waals surface area contributed by atoms with E-state index in [0.29, 0.717) is 5.56 Å². The molecule has 0 saturated heterocycles. The minimum absolute atomic E-state index is 0.119. The molecule has 0 aliphatic heterocycles. The van der Waals surface area contributed by atoms with Crippen molar-refractivity contribution >= 4 is 11.6 Å². The van der Waals surface area contributed by atoms with E-state index in [1.165, 1.54) is 12.1 Å². The fraction of sp³-hybridized carbons (Fsp3) is 0.600. The number of benzene rings is 1. The third kappa shape index (κ3) is 4.51. The molecule has 0 amide bonds. The summed E-state index contributed by atoms with van der Waals surface area (Å²) < 4.78 is 40.4. The molecule has 0 heterocycles. The van der Waals surface area contributed by atoms with Gasteiger partial charge in [-0.25, -0.2) is 0 Å². The number of hydrogen-bond acceptors (Lipinski definition) is 3. The lowest BCUT2D eigenvalue weighted by atomic mass is 9.81. The predicted octanol–water partition coefficient (Wildman–Crippen LogP) is 4.18. The van der Waals surface area contributed by atoms with Crippen molar-refractivity contribution in [3.63, 3.8) is 0 Å². The number of ether oxygens (including phenoxy) is 1. The molecule has 2 rings (SSSR count). The van der Waals surface area contributed by atoms with Crippen molar-refractivity contribution in [2.24, 2.45) is 11.7 Å². The largest absolute Gasteiger partial charge is 0.573 e. The highest BCUT2D eigenvalue weighted by atomic mass is 35.5. The average molecular weight is 338 g/mol. The molecule has 1 aromatic rings. The maximum atomic E-state index is 12.2. The highest BCUT2D eigenvalue weighted by molar-refractivity contribution is 6.32. The summed E-state index contributed by atoms with van der Waals surface area (Å²) in [6, 6.07) is 3.17. The number of alkyl halides is 3. The van der Waals surface area contributed by atoms with Crippen LogP contribution in [0, 0.1) is 5.92 Å². The van der Waals surface area contributed by atoms with Crippen LogP contribution in [0.4, 0.5) is 13.2 Å². The van der Waals surface area contributed by atoms with Gasteiger partial charge in [-0.15, -0.1) is 13.2 Å². The summed E-state index contributed by atoms with van der Waals surface area (Å²) in [7, 11) is 0. The monoisotopic (exact) mass is 337 g/mol. The molecule has 0 bridgehead atoms. The Morgan fingerprint density at radius 3 is 2.41 bits per heavy atom. The molecule has 3 nitrogen and oxygen atoms in total. The lowest BCUT2D eigenvalue weighted by Crippen LogP contribution is -2.34. The first-order valence-corrected chi connectivity index (χ1v) is 7.64. The van der Waals surface area contributed by atoms with Crippen LogP contribution in [0.5, 0.6) is 5.75 Å². The van der Waals surface area contributed by atoms with Crippen LogP contribution in [0.1, 0.15) is 43.7 Å². The highest BCUT2D eigenvalue weighted by Gasteiger charge is 2.33. The molecular weight excluding hydrogens is 319 g/mol. The van der Waals surface area contributed by atoms with Crippen LogP contribution in [0.2, 0.25) is 5.02 Å². The van der Waals surface area contributed by atoms with E-state index >= 15 is 0 Å². The predicted molar refractivity (Wildman–Crippen MR) is 77.6 cm³/mol. The zero-order valence-electron chi connectivity index (χ0n) is 11.9. The quantitative estimate of drug-likeness (QED) is 0.866. The zero-order chi connectivity index (χ0) is 16.3. The molecule has 3 N–H and O–H groups in total. The number of aliphatic hydroxyl groups is 1. The molecule has 1 aliphatic carbocycles. The Hall–Kier alpha value is -0.980. The number of hydrogen-bond donors (Lipinski definition) is 2. The topological polar surface area (TPSA) is 55.5 Å². The SMILES string of the molecule is N[C@@H](c1ccc(OC(F)(F)F)c(Cl)c1)[C@H](O)C1CCCCC1. The second-order valence-corrected chi connectivity index (χ2v) is 6.06. The zero-order valence-corrected chi connectivity index (χ0v) is 12.7. The molecule has 124 valence electrons. The minimum atomic E-state index is -4.80. The Kier molecular flexibility index (Phi) is 5.58. The van der Waals surface area contributed by atoms with Gasteiger partial charge in [0.05, 0.1) is 17.2 Å².